The number of methoxy groups -OCH3 is 1. The van der Waals surface area contributed by atoms with E-state index in [2.05, 4.69) is 9.72 Å². The van der Waals surface area contributed by atoms with Crippen LogP contribution in [0.5, 0.6) is 0 Å². The molecule has 1 heterocycles. The molecule has 0 bridgehead atoms. The Morgan fingerprint density at radius 3 is 2.45 bits per heavy atom. The average Bonchev–Trinajstić information content (AvgIpc) is 2.43. The zero-order valence-electron chi connectivity index (χ0n) is 11.3. The lowest BCUT2D eigenvalue weighted by molar-refractivity contribution is 0.0596. The summed E-state index contributed by atoms with van der Waals surface area (Å²) in [5.41, 5.74) is 0.273. The van der Waals surface area contributed by atoms with Crippen LogP contribution in [0, 0.1) is 12.7 Å². The molecule has 6 heteroatoms. The molecule has 5 nitrogen and oxygen atoms in total. The zero-order valence-corrected chi connectivity index (χ0v) is 11.3. The molecular formula is C14H13FN2O3. The van der Waals surface area contributed by atoms with Crippen molar-refractivity contribution in [3.63, 3.8) is 0 Å². The van der Waals surface area contributed by atoms with E-state index in [0.29, 0.717) is 11.4 Å². The number of aromatic nitrogens is 2. The van der Waals surface area contributed by atoms with Crippen LogP contribution >= 0.6 is 0 Å². The van der Waals surface area contributed by atoms with Crippen molar-refractivity contribution in [3.05, 3.63) is 51.7 Å². The first-order chi connectivity index (χ1) is 9.45. The summed E-state index contributed by atoms with van der Waals surface area (Å²) >= 11 is 0. The van der Waals surface area contributed by atoms with Gasteiger partial charge >= 0.3 is 5.97 Å². The van der Waals surface area contributed by atoms with Crippen LogP contribution in [-0.4, -0.2) is 22.6 Å². The molecule has 0 unspecified atom stereocenters. The Kier molecular flexibility index (Phi) is 3.65. The highest BCUT2D eigenvalue weighted by atomic mass is 19.1. The number of hydrogen-bond acceptors (Lipinski definition) is 4. The van der Waals surface area contributed by atoms with E-state index in [1.165, 1.54) is 43.0 Å². The molecule has 2 rings (SSSR count). The topological polar surface area (TPSA) is 61.2 Å². The third kappa shape index (κ3) is 2.32. The Balaban J connectivity index is 2.66. The van der Waals surface area contributed by atoms with Gasteiger partial charge in [-0.05, 0) is 31.2 Å². The Hall–Kier alpha value is -2.50. The second kappa shape index (κ2) is 5.24. The molecule has 1 aromatic carbocycles. The Labute approximate surface area is 114 Å². The number of ether oxygens (including phenoxy) is 1. The van der Waals surface area contributed by atoms with Crippen LogP contribution in [0.4, 0.5) is 4.39 Å². The highest BCUT2D eigenvalue weighted by molar-refractivity contribution is 5.90. The highest BCUT2D eigenvalue weighted by Gasteiger charge is 2.19. The molecule has 0 spiro atoms. The second-order valence-corrected chi connectivity index (χ2v) is 4.26. The SMILES string of the molecule is COC(=O)c1c(C)nc(-c2ccc(F)cc2)n(C)c1=O. The molecule has 0 N–H and O–H groups in total. The number of benzene rings is 1. The van der Waals surface area contributed by atoms with E-state index >= 15 is 0 Å². The van der Waals surface area contributed by atoms with Crippen molar-refractivity contribution in [2.75, 3.05) is 7.11 Å². The van der Waals surface area contributed by atoms with Gasteiger partial charge in [-0.15, -0.1) is 0 Å². The predicted molar refractivity (Wildman–Crippen MR) is 70.9 cm³/mol. The van der Waals surface area contributed by atoms with Crippen molar-refractivity contribution < 1.29 is 13.9 Å². The van der Waals surface area contributed by atoms with Crippen molar-refractivity contribution in [1.29, 1.82) is 0 Å². The summed E-state index contributed by atoms with van der Waals surface area (Å²) in [6, 6.07) is 5.61. The fraction of sp³-hybridized carbons (Fsp3) is 0.214. The molecule has 20 heavy (non-hydrogen) atoms. The van der Waals surface area contributed by atoms with Gasteiger partial charge in [-0.2, -0.15) is 0 Å². The van der Waals surface area contributed by atoms with Crippen LogP contribution in [0.1, 0.15) is 16.1 Å². The van der Waals surface area contributed by atoms with E-state index in [4.69, 9.17) is 0 Å². The largest absolute Gasteiger partial charge is 0.465 e. The van der Waals surface area contributed by atoms with Gasteiger partial charge in [-0.3, -0.25) is 9.36 Å². The van der Waals surface area contributed by atoms with Crippen molar-refractivity contribution in [2.45, 2.75) is 6.92 Å². The second-order valence-electron chi connectivity index (χ2n) is 4.26. The van der Waals surface area contributed by atoms with Crippen LogP contribution in [0.25, 0.3) is 11.4 Å². The summed E-state index contributed by atoms with van der Waals surface area (Å²) in [5.74, 6) is -0.733. The lowest BCUT2D eigenvalue weighted by atomic mass is 10.1. The van der Waals surface area contributed by atoms with Crippen LogP contribution in [-0.2, 0) is 11.8 Å². The van der Waals surface area contributed by atoms with Gasteiger partial charge in [0.1, 0.15) is 17.2 Å². The predicted octanol–water partition coefficient (Wildman–Crippen LogP) is 1.68. The number of carbonyl (C=O) groups is 1. The molecule has 0 aliphatic rings. The molecule has 0 saturated heterocycles. The maximum atomic E-state index is 12.9. The van der Waals surface area contributed by atoms with Gasteiger partial charge in [0.15, 0.2) is 0 Å². The van der Waals surface area contributed by atoms with E-state index in [1.54, 1.807) is 6.92 Å². The standard InChI is InChI=1S/C14H13FN2O3/c1-8-11(14(19)20-3)13(18)17(2)12(16-8)9-4-6-10(15)7-5-9/h4-7H,1-3H3. The first-order valence-corrected chi connectivity index (χ1v) is 5.87. The van der Waals surface area contributed by atoms with E-state index in [-0.39, 0.29) is 17.1 Å². The minimum absolute atomic E-state index is 0.0964. The zero-order chi connectivity index (χ0) is 14.9. The van der Waals surface area contributed by atoms with Gasteiger partial charge < -0.3 is 4.74 Å². The molecule has 0 radical (unpaired) electrons. The molecule has 104 valence electrons. The van der Waals surface area contributed by atoms with Gasteiger partial charge in [-0.25, -0.2) is 14.2 Å². The summed E-state index contributed by atoms with van der Waals surface area (Å²) in [5, 5.41) is 0. The van der Waals surface area contributed by atoms with Crippen LogP contribution in [0.15, 0.2) is 29.1 Å². The third-order valence-corrected chi connectivity index (χ3v) is 2.96. The summed E-state index contributed by atoms with van der Waals surface area (Å²) in [6.45, 7) is 1.56. The number of hydrogen-bond donors (Lipinski definition) is 0. The van der Waals surface area contributed by atoms with E-state index in [0.717, 1.165) is 0 Å². The van der Waals surface area contributed by atoms with E-state index in [9.17, 15) is 14.0 Å². The third-order valence-electron chi connectivity index (χ3n) is 2.96. The number of halogens is 1. The van der Waals surface area contributed by atoms with Gasteiger partial charge in [0, 0.05) is 12.6 Å². The number of nitrogens with zero attached hydrogens (tertiary/aromatic N) is 2. The number of rotatable bonds is 2. The molecule has 0 aliphatic heterocycles. The normalized spacial score (nSPS) is 10.4. The Morgan fingerprint density at radius 2 is 1.90 bits per heavy atom. The lowest BCUT2D eigenvalue weighted by Crippen LogP contribution is -2.29. The van der Waals surface area contributed by atoms with Gasteiger partial charge in [0.2, 0.25) is 0 Å². The van der Waals surface area contributed by atoms with Crippen molar-refractivity contribution in [3.8, 4) is 11.4 Å². The highest BCUT2D eigenvalue weighted by Crippen LogP contribution is 2.17. The maximum absolute atomic E-state index is 12.9. The molecule has 0 fully saturated rings. The van der Waals surface area contributed by atoms with Crippen LogP contribution in [0.2, 0.25) is 0 Å². The average molecular weight is 276 g/mol. The van der Waals surface area contributed by atoms with Crippen molar-refractivity contribution >= 4 is 5.97 Å². The minimum atomic E-state index is -0.721. The van der Waals surface area contributed by atoms with Gasteiger partial charge in [0.25, 0.3) is 5.56 Å². The summed E-state index contributed by atoms with van der Waals surface area (Å²) in [4.78, 5) is 28.0. The lowest BCUT2D eigenvalue weighted by Gasteiger charge is -2.11. The van der Waals surface area contributed by atoms with Gasteiger partial charge in [0.05, 0.1) is 12.8 Å². The minimum Gasteiger partial charge on any atom is -0.465 e. The molecule has 1 aromatic heterocycles. The maximum Gasteiger partial charge on any atom is 0.345 e. The molecule has 0 atom stereocenters. The fourth-order valence-electron chi connectivity index (χ4n) is 1.90. The summed E-state index contributed by atoms with van der Waals surface area (Å²) in [7, 11) is 2.70. The smallest absolute Gasteiger partial charge is 0.345 e. The Bertz CT molecular complexity index is 720. The van der Waals surface area contributed by atoms with Crippen LogP contribution in [0.3, 0.4) is 0 Å². The first-order valence-electron chi connectivity index (χ1n) is 5.87. The van der Waals surface area contributed by atoms with Crippen molar-refractivity contribution in [2.24, 2.45) is 7.05 Å². The molecule has 0 aliphatic carbocycles. The Morgan fingerprint density at radius 1 is 1.30 bits per heavy atom. The number of esters is 1. The van der Waals surface area contributed by atoms with Crippen LogP contribution < -0.4 is 5.56 Å². The quantitative estimate of drug-likeness (QED) is 0.783. The fourth-order valence-corrected chi connectivity index (χ4v) is 1.90. The monoisotopic (exact) mass is 276 g/mol. The number of carbonyl (C=O) groups excluding carboxylic acids is 1. The van der Waals surface area contributed by atoms with Crippen molar-refractivity contribution in [1.82, 2.24) is 9.55 Å². The molecule has 0 saturated carbocycles. The van der Waals surface area contributed by atoms with Gasteiger partial charge in [-0.1, -0.05) is 0 Å². The molecule has 0 amide bonds. The molecular weight excluding hydrogens is 263 g/mol. The van der Waals surface area contributed by atoms with E-state index < -0.39 is 11.5 Å². The summed E-state index contributed by atoms with van der Waals surface area (Å²) in [6.07, 6.45) is 0. The number of aryl methyl sites for hydroxylation is 1. The first kappa shape index (κ1) is 13.9. The van der Waals surface area contributed by atoms with E-state index in [1.807, 2.05) is 0 Å². The molecule has 2 aromatic rings. The summed E-state index contributed by atoms with van der Waals surface area (Å²) < 4.78 is 18.7.